The molecule has 0 spiro atoms. The smallest absolute Gasteiger partial charge is 0.358 e. The van der Waals surface area contributed by atoms with Gasteiger partial charge in [-0.25, -0.2) is 14.3 Å². The van der Waals surface area contributed by atoms with E-state index in [1.165, 1.54) is 0 Å². The van der Waals surface area contributed by atoms with Crippen molar-refractivity contribution in [2.24, 2.45) is 0 Å². The first-order chi connectivity index (χ1) is 13.2. The van der Waals surface area contributed by atoms with Gasteiger partial charge in [-0.05, 0) is 25.1 Å². The monoisotopic (exact) mass is 377 g/mol. The molecule has 0 aliphatic heterocycles. The largest absolute Gasteiger partial charge is 0.461 e. The van der Waals surface area contributed by atoms with Crippen LogP contribution in [-0.4, -0.2) is 27.2 Å². The maximum Gasteiger partial charge on any atom is 0.358 e. The first kappa shape index (κ1) is 17.2. The lowest BCUT2D eigenvalue weighted by molar-refractivity contribution is 0.0519. The summed E-state index contributed by atoms with van der Waals surface area (Å²) in [6, 6.07) is 20.9. The molecule has 0 bridgehead atoms. The van der Waals surface area contributed by atoms with Crippen LogP contribution in [0.3, 0.4) is 0 Å². The number of aromatic nitrogens is 3. The van der Waals surface area contributed by atoms with E-state index in [1.54, 1.807) is 17.5 Å². The highest BCUT2D eigenvalue weighted by Crippen LogP contribution is 2.27. The number of hydrogen-bond donors (Lipinski definition) is 0. The molecule has 2 aromatic carbocycles. The molecule has 4 aromatic rings. The number of nitrogens with zero attached hydrogens (tertiary/aromatic N) is 3. The second-order valence-corrected chi connectivity index (χ2v) is 6.36. The topological polar surface area (TPSA) is 56.5 Å². The molecule has 4 rings (SSSR count). The summed E-state index contributed by atoms with van der Waals surface area (Å²) >= 11 is 6.03. The lowest BCUT2D eigenvalue weighted by Crippen LogP contribution is -2.06. The summed E-state index contributed by atoms with van der Waals surface area (Å²) in [6.07, 6.45) is 0. The molecule has 0 aliphatic carbocycles. The summed E-state index contributed by atoms with van der Waals surface area (Å²) in [5.41, 5.74) is 4.31. The second kappa shape index (κ2) is 7.21. The van der Waals surface area contributed by atoms with E-state index in [0.29, 0.717) is 17.3 Å². The van der Waals surface area contributed by atoms with Gasteiger partial charge in [-0.2, -0.15) is 5.10 Å². The Hall–Kier alpha value is -3.18. The van der Waals surface area contributed by atoms with Gasteiger partial charge in [0.05, 0.1) is 18.0 Å². The van der Waals surface area contributed by atoms with Gasteiger partial charge in [-0.15, -0.1) is 0 Å². The molecule has 0 N–H and O–H groups in total. The number of rotatable bonds is 4. The molecule has 0 fully saturated rings. The minimum Gasteiger partial charge on any atom is -0.461 e. The molecule has 2 heterocycles. The first-order valence-corrected chi connectivity index (χ1v) is 8.93. The van der Waals surface area contributed by atoms with Crippen LogP contribution in [0.1, 0.15) is 17.4 Å². The van der Waals surface area contributed by atoms with Crippen LogP contribution in [0.25, 0.3) is 28.2 Å². The third-order valence-electron chi connectivity index (χ3n) is 4.12. The summed E-state index contributed by atoms with van der Waals surface area (Å²) in [7, 11) is 0. The molecule has 2 aromatic heterocycles. The van der Waals surface area contributed by atoms with Gasteiger partial charge in [0, 0.05) is 22.2 Å². The normalized spacial score (nSPS) is 10.9. The quantitative estimate of drug-likeness (QED) is 0.475. The van der Waals surface area contributed by atoms with Crippen LogP contribution in [0.15, 0.2) is 66.7 Å². The predicted octanol–water partition coefficient (Wildman–Crippen LogP) is 4.89. The van der Waals surface area contributed by atoms with Crippen molar-refractivity contribution >= 4 is 23.2 Å². The highest BCUT2D eigenvalue weighted by molar-refractivity contribution is 6.30. The number of carbonyl (C=O) groups excluding carboxylic acids is 1. The summed E-state index contributed by atoms with van der Waals surface area (Å²) in [5, 5.41) is 5.06. The molecular formula is C21H16ClN3O2. The fourth-order valence-electron chi connectivity index (χ4n) is 2.86. The highest BCUT2D eigenvalue weighted by Gasteiger charge is 2.17. The number of esters is 1. The second-order valence-electron chi connectivity index (χ2n) is 5.92. The maximum atomic E-state index is 12.1. The average Bonchev–Trinajstić information content (AvgIpc) is 3.13. The number of benzene rings is 2. The Morgan fingerprint density at radius 1 is 1.04 bits per heavy atom. The number of hydrogen-bond acceptors (Lipinski definition) is 4. The summed E-state index contributed by atoms with van der Waals surface area (Å²) < 4.78 is 6.73. The van der Waals surface area contributed by atoms with Crippen molar-refractivity contribution in [3.05, 3.63) is 77.4 Å². The van der Waals surface area contributed by atoms with E-state index in [1.807, 2.05) is 60.7 Å². The van der Waals surface area contributed by atoms with Gasteiger partial charge in [-0.3, -0.25) is 0 Å². The van der Waals surface area contributed by atoms with E-state index in [9.17, 15) is 4.79 Å². The van der Waals surface area contributed by atoms with Gasteiger partial charge in [-0.1, -0.05) is 54.1 Å². The molecule has 0 amide bonds. The SMILES string of the molecule is CCOC(=O)c1cc2nc(-c3ccccc3)cc(-c3ccc(Cl)cc3)n2n1. The van der Waals surface area contributed by atoms with Crippen molar-refractivity contribution in [1.82, 2.24) is 14.6 Å². The molecule has 6 heteroatoms. The number of fused-ring (bicyclic) bond motifs is 1. The lowest BCUT2D eigenvalue weighted by Gasteiger charge is -2.08. The third kappa shape index (κ3) is 3.41. The van der Waals surface area contributed by atoms with Crippen molar-refractivity contribution in [3.63, 3.8) is 0 Å². The minimum atomic E-state index is -0.466. The number of halogens is 1. The molecular weight excluding hydrogens is 362 g/mol. The van der Waals surface area contributed by atoms with E-state index < -0.39 is 5.97 Å². The van der Waals surface area contributed by atoms with E-state index in [-0.39, 0.29) is 5.69 Å². The van der Waals surface area contributed by atoms with Crippen molar-refractivity contribution < 1.29 is 9.53 Å². The molecule has 0 saturated carbocycles. The van der Waals surface area contributed by atoms with Crippen molar-refractivity contribution in [3.8, 4) is 22.5 Å². The van der Waals surface area contributed by atoms with E-state index in [2.05, 4.69) is 10.1 Å². The Morgan fingerprint density at radius 3 is 2.48 bits per heavy atom. The number of carbonyl (C=O) groups is 1. The molecule has 0 aliphatic rings. The summed E-state index contributed by atoms with van der Waals surface area (Å²) in [4.78, 5) is 16.8. The van der Waals surface area contributed by atoms with E-state index in [4.69, 9.17) is 16.3 Å². The van der Waals surface area contributed by atoms with E-state index in [0.717, 1.165) is 22.5 Å². The Bertz CT molecular complexity index is 1110. The maximum absolute atomic E-state index is 12.1. The Morgan fingerprint density at radius 2 is 1.78 bits per heavy atom. The molecule has 0 unspecified atom stereocenters. The fourth-order valence-corrected chi connectivity index (χ4v) is 2.99. The van der Waals surface area contributed by atoms with Crippen LogP contribution in [0, 0.1) is 0 Å². The van der Waals surface area contributed by atoms with Crippen LogP contribution >= 0.6 is 11.6 Å². The lowest BCUT2D eigenvalue weighted by atomic mass is 10.1. The van der Waals surface area contributed by atoms with E-state index >= 15 is 0 Å². The Balaban J connectivity index is 1.94. The van der Waals surface area contributed by atoms with Crippen LogP contribution in [0.5, 0.6) is 0 Å². The zero-order valence-corrected chi connectivity index (χ0v) is 15.3. The van der Waals surface area contributed by atoms with Crippen molar-refractivity contribution in [2.45, 2.75) is 6.92 Å². The van der Waals surface area contributed by atoms with Gasteiger partial charge < -0.3 is 4.74 Å². The van der Waals surface area contributed by atoms with Gasteiger partial charge in [0.25, 0.3) is 0 Å². The van der Waals surface area contributed by atoms with Gasteiger partial charge in [0.15, 0.2) is 11.3 Å². The van der Waals surface area contributed by atoms with Crippen LogP contribution in [-0.2, 0) is 4.74 Å². The standard InChI is InChI=1S/C21H16ClN3O2/c1-2-27-21(26)18-13-20-23-17(14-6-4-3-5-7-14)12-19(25(20)24-18)15-8-10-16(22)11-9-15/h3-13H,2H2,1H3. The van der Waals surface area contributed by atoms with Gasteiger partial charge in [0.1, 0.15) is 0 Å². The zero-order chi connectivity index (χ0) is 18.8. The van der Waals surface area contributed by atoms with Crippen LogP contribution in [0.4, 0.5) is 0 Å². The fraction of sp³-hybridized carbons (Fsp3) is 0.0952. The van der Waals surface area contributed by atoms with Crippen LogP contribution < -0.4 is 0 Å². The molecule has 0 radical (unpaired) electrons. The van der Waals surface area contributed by atoms with Crippen molar-refractivity contribution in [1.29, 1.82) is 0 Å². The predicted molar refractivity (Wildman–Crippen MR) is 105 cm³/mol. The molecule has 5 nitrogen and oxygen atoms in total. The Labute approximate surface area is 161 Å². The summed E-state index contributed by atoms with van der Waals surface area (Å²) in [6.45, 7) is 2.05. The minimum absolute atomic E-state index is 0.227. The van der Waals surface area contributed by atoms with Crippen molar-refractivity contribution in [2.75, 3.05) is 6.61 Å². The summed E-state index contributed by atoms with van der Waals surface area (Å²) in [5.74, 6) is -0.466. The highest BCUT2D eigenvalue weighted by atomic mass is 35.5. The Kier molecular flexibility index (Phi) is 4.60. The molecule has 134 valence electrons. The molecule has 0 saturated heterocycles. The first-order valence-electron chi connectivity index (χ1n) is 8.55. The van der Waals surface area contributed by atoms with Gasteiger partial charge >= 0.3 is 5.97 Å². The zero-order valence-electron chi connectivity index (χ0n) is 14.6. The van der Waals surface area contributed by atoms with Crippen LogP contribution in [0.2, 0.25) is 5.02 Å². The third-order valence-corrected chi connectivity index (χ3v) is 4.37. The number of ether oxygens (including phenoxy) is 1. The molecule has 27 heavy (non-hydrogen) atoms. The average molecular weight is 378 g/mol. The molecule has 0 atom stereocenters. The van der Waals surface area contributed by atoms with Gasteiger partial charge in [0.2, 0.25) is 0 Å².